The smallest absolute Gasteiger partial charge is 0.407 e. The quantitative estimate of drug-likeness (QED) is 0.0914. The van der Waals surface area contributed by atoms with E-state index in [1.54, 1.807) is 17.0 Å². The summed E-state index contributed by atoms with van der Waals surface area (Å²) in [5.74, 6) is -0.476. The number of hydrogen-bond acceptors (Lipinski definition) is 7. The van der Waals surface area contributed by atoms with Crippen LogP contribution < -0.4 is 4.87 Å². The molecule has 0 saturated heterocycles. The number of likely N-dealkylation sites (N-methyl/N-ethyl adjacent to an activating group) is 1. The van der Waals surface area contributed by atoms with Crippen LogP contribution in [-0.4, -0.2) is 101 Å². The van der Waals surface area contributed by atoms with Gasteiger partial charge in [0.15, 0.2) is 0 Å². The van der Waals surface area contributed by atoms with Crippen LogP contribution in [0.25, 0.3) is 10.2 Å². The van der Waals surface area contributed by atoms with Gasteiger partial charge < -0.3 is 34.6 Å². The van der Waals surface area contributed by atoms with Gasteiger partial charge in [-0.05, 0) is 54.8 Å². The second-order valence-electron chi connectivity index (χ2n) is 11.7. The summed E-state index contributed by atoms with van der Waals surface area (Å²) in [5.41, 5.74) is 3.01. The number of H-pyrrole nitrogens is 1. The van der Waals surface area contributed by atoms with Gasteiger partial charge in [-0.3, -0.25) is 9.59 Å². The summed E-state index contributed by atoms with van der Waals surface area (Å²) in [7, 11) is 0. The summed E-state index contributed by atoms with van der Waals surface area (Å²) in [6, 6.07) is 18.5. The van der Waals surface area contributed by atoms with E-state index in [9.17, 15) is 24.6 Å². The van der Waals surface area contributed by atoms with E-state index in [1.165, 1.54) is 11.0 Å². The number of nitrogens with zero attached hydrogens (tertiary/aromatic N) is 3. The topological polar surface area (TPSA) is 126 Å². The number of ether oxygens (including phenoxy) is 1. The normalized spacial score (nSPS) is 12.0. The van der Waals surface area contributed by atoms with E-state index in [-0.39, 0.29) is 55.1 Å². The Hall–Kier alpha value is -3.61. The average Bonchev–Trinajstić information content (AvgIpc) is 3.49. The van der Waals surface area contributed by atoms with Gasteiger partial charge in [-0.15, -0.1) is 0 Å². The van der Waals surface area contributed by atoms with Crippen LogP contribution in [-0.2, 0) is 22.4 Å². The number of thiazole rings is 1. The van der Waals surface area contributed by atoms with Gasteiger partial charge >= 0.3 is 11.0 Å². The van der Waals surface area contributed by atoms with Gasteiger partial charge in [0.2, 0.25) is 5.91 Å². The summed E-state index contributed by atoms with van der Waals surface area (Å²) >= 11 is 13.4. The molecule has 264 valence electrons. The highest BCUT2D eigenvalue weighted by Crippen LogP contribution is 2.34. The largest absolute Gasteiger partial charge is 0.506 e. The third-order valence-corrected chi connectivity index (χ3v) is 10.4. The number of carbonyl (C=O) groups is 2. The van der Waals surface area contributed by atoms with Crippen LogP contribution in [0.1, 0.15) is 42.9 Å². The van der Waals surface area contributed by atoms with E-state index in [0.717, 1.165) is 41.1 Å². The van der Waals surface area contributed by atoms with Crippen LogP contribution in [0.5, 0.6) is 5.75 Å². The first-order chi connectivity index (χ1) is 23.6. The van der Waals surface area contributed by atoms with Gasteiger partial charge in [-0.25, -0.2) is 4.79 Å². The molecule has 4 rings (SSSR count). The fourth-order valence-corrected chi connectivity index (χ4v) is 7.17. The summed E-state index contributed by atoms with van der Waals surface area (Å²) < 4.78 is 6.38. The van der Waals surface area contributed by atoms with E-state index < -0.39 is 6.09 Å². The number of halogens is 2. The van der Waals surface area contributed by atoms with Gasteiger partial charge in [0.05, 0.1) is 34.4 Å². The molecule has 4 aromatic rings. The zero-order valence-electron chi connectivity index (χ0n) is 27.9. The number of nitrogens with one attached hydrogen (secondary N) is 1. The maximum absolute atomic E-state index is 13.5. The Morgan fingerprint density at radius 3 is 2.35 bits per heavy atom. The molecule has 0 radical (unpaired) electrons. The minimum absolute atomic E-state index is 0.0368. The van der Waals surface area contributed by atoms with Crippen LogP contribution >= 0.6 is 34.5 Å². The molecule has 0 spiro atoms. The molecule has 0 saturated carbocycles. The molecule has 0 aliphatic heterocycles. The van der Waals surface area contributed by atoms with Crippen molar-refractivity contribution in [3.8, 4) is 5.75 Å². The number of fused-ring (bicyclic) bond motifs is 1. The maximum atomic E-state index is 13.5. The molecule has 13 heteroatoms. The number of aromatic amines is 1. The Balaban J connectivity index is 1.46. The summed E-state index contributed by atoms with van der Waals surface area (Å²) in [4.78, 5) is 46.1. The highest BCUT2D eigenvalue weighted by molar-refractivity contribution is 7.16. The van der Waals surface area contributed by atoms with Crippen molar-refractivity contribution in [2.24, 2.45) is 0 Å². The van der Waals surface area contributed by atoms with Gasteiger partial charge in [0, 0.05) is 38.6 Å². The molecule has 0 bridgehead atoms. The Kier molecular flexibility index (Phi) is 14.8. The fourth-order valence-electron chi connectivity index (χ4n) is 5.81. The molecule has 1 unspecified atom stereocenters. The maximum Gasteiger partial charge on any atom is 0.407 e. The van der Waals surface area contributed by atoms with E-state index in [1.807, 2.05) is 42.5 Å². The van der Waals surface area contributed by atoms with E-state index in [0.29, 0.717) is 52.8 Å². The number of amides is 2. The Morgan fingerprint density at radius 2 is 1.63 bits per heavy atom. The van der Waals surface area contributed by atoms with Crippen molar-refractivity contribution >= 4 is 56.8 Å². The number of phenols is 1. The van der Waals surface area contributed by atoms with E-state index in [4.69, 9.17) is 27.9 Å². The molecule has 0 fully saturated rings. The predicted octanol–water partition coefficient (Wildman–Crippen LogP) is 6.73. The molecular weight excluding hydrogens is 687 g/mol. The van der Waals surface area contributed by atoms with Gasteiger partial charge in [-0.2, -0.15) is 0 Å². The lowest BCUT2D eigenvalue weighted by atomic mass is 9.91. The zero-order chi connectivity index (χ0) is 35.3. The lowest BCUT2D eigenvalue weighted by Crippen LogP contribution is -2.45. The van der Waals surface area contributed by atoms with Crippen molar-refractivity contribution in [2.45, 2.75) is 39.0 Å². The SMILES string of the molecule is CCN(CC)CCN(CCN(CC(Cc1ccccc1)c1ccc(O)c2[nH]c(=O)sc12)C(=O)O)C(=O)CCOCCc1cccc(Cl)c1Cl. The van der Waals surface area contributed by atoms with E-state index >= 15 is 0 Å². The molecule has 2 amide bonds. The standard InChI is InChI=1S/C36H44Cl2N4O6S/c1-3-40(4-2)17-18-41(31(44)16-22-48-21-15-26-11-8-12-29(37)32(26)38)19-20-42(36(46)47)24-27(23-25-9-6-5-7-10-25)28-13-14-30(43)33-34(28)49-35(45)39-33/h5-14,27,43H,3-4,15-24H2,1-2H3,(H,39,45)(H,46,47). The highest BCUT2D eigenvalue weighted by atomic mass is 35.5. The number of rotatable bonds is 19. The lowest BCUT2D eigenvalue weighted by molar-refractivity contribution is -0.132. The summed E-state index contributed by atoms with van der Waals surface area (Å²) in [5, 5.41) is 21.7. The van der Waals surface area contributed by atoms with Gasteiger partial charge in [0.1, 0.15) is 11.3 Å². The molecule has 1 aromatic heterocycles. The first-order valence-corrected chi connectivity index (χ1v) is 18.1. The predicted molar refractivity (Wildman–Crippen MR) is 197 cm³/mol. The van der Waals surface area contributed by atoms with Gasteiger partial charge in [0.25, 0.3) is 0 Å². The number of carbonyl (C=O) groups excluding carboxylic acids is 1. The Bertz CT molecular complexity index is 1730. The van der Waals surface area contributed by atoms with Crippen LogP contribution in [0.3, 0.4) is 0 Å². The van der Waals surface area contributed by atoms with Crippen molar-refractivity contribution in [2.75, 3.05) is 59.0 Å². The second kappa shape index (κ2) is 19.0. The minimum atomic E-state index is -1.10. The third kappa shape index (κ3) is 10.9. The van der Waals surface area contributed by atoms with E-state index in [2.05, 4.69) is 23.7 Å². The van der Waals surface area contributed by atoms with Gasteiger partial charge in [-0.1, -0.05) is 96.9 Å². The highest BCUT2D eigenvalue weighted by Gasteiger charge is 2.25. The molecule has 0 aliphatic rings. The fraction of sp³-hybridized carbons (Fsp3) is 0.417. The van der Waals surface area contributed by atoms with Crippen molar-refractivity contribution < 1.29 is 24.5 Å². The van der Waals surface area contributed by atoms with Crippen LogP contribution in [0.2, 0.25) is 10.0 Å². The number of aromatic hydroxyl groups is 1. The number of benzene rings is 3. The number of aromatic nitrogens is 1. The summed E-state index contributed by atoms with van der Waals surface area (Å²) in [6.45, 7) is 7.96. The molecule has 1 atom stereocenters. The van der Waals surface area contributed by atoms with Crippen molar-refractivity contribution in [3.05, 3.63) is 97.1 Å². The monoisotopic (exact) mass is 730 g/mol. The molecule has 0 aliphatic carbocycles. The van der Waals surface area contributed by atoms with Crippen molar-refractivity contribution in [3.63, 3.8) is 0 Å². The molecule has 3 aromatic carbocycles. The zero-order valence-corrected chi connectivity index (χ0v) is 30.2. The first kappa shape index (κ1) is 38.2. The van der Waals surface area contributed by atoms with Crippen LogP contribution in [0.4, 0.5) is 4.79 Å². The number of carboxylic acid groups (broad SMARTS) is 1. The molecule has 3 N–H and O–H groups in total. The molecule has 49 heavy (non-hydrogen) atoms. The molecule has 10 nitrogen and oxygen atoms in total. The molecule has 1 heterocycles. The lowest BCUT2D eigenvalue weighted by Gasteiger charge is -2.31. The molecular formula is C36H44Cl2N4O6S. The van der Waals surface area contributed by atoms with Crippen molar-refractivity contribution in [1.82, 2.24) is 19.7 Å². The van der Waals surface area contributed by atoms with Crippen LogP contribution in [0, 0.1) is 0 Å². The number of hydrogen-bond donors (Lipinski definition) is 3. The third-order valence-electron chi connectivity index (χ3n) is 8.64. The number of phenolic OH excluding ortho intramolecular Hbond substituents is 1. The van der Waals surface area contributed by atoms with Crippen molar-refractivity contribution in [1.29, 1.82) is 0 Å². The summed E-state index contributed by atoms with van der Waals surface area (Å²) in [6.07, 6.45) is 0.126. The average molecular weight is 732 g/mol. The Labute approximate surface area is 300 Å². The second-order valence-corrected chi connectivity index (χ2v) is 13.5. The first-order valence-electron chi connectivity index (χ1n) is 16.5. The Morgan fingerprint density at radius 1 is 0.918 bits per heavy atom. The minimum Gasteiger partial charge on any atom is -0.506 e. The van der Waals surface area contributed by atoms with Crippen LogP contribution in [0.15, 0.2) is 65.5 Å².